The zero-order chi connectivity index (χ0) is 24.5. The minimum Gasteiger partial charge on any atom is -0.212 e. The highest BCUT2D eigenvalue weighted by Gasteiger charge is 2.20. The molecule has 0 amide bonds. The fourth-order valence-corrected chi connectivity index (χ4v) is 5.80. The van der Waals surface area contributed by atoms with Crippen LogP contribution in [0.25, 0.3) is 0 Å². The number of sulfonamides is 1. The van der Waals surface area contributed by atoms with Gasteiger partial charge in [0.05, 0.1) is 17.9 Å². The predicted octanol–water partition coefficient (Wildman–Crippen LogP) is 7.88. The SMILES string of the molecule is CCCCCCCS(=O)(=O)N(CCCCCCCCCC#N)CCCCCCCCCC#N. The summed E-state index contributed by atoms with van der Waals surface area (Å²) in [6.07, 6.45) is 22.0. The molecule has 0 bridgehead atoms. The molecule has 0 N–H and O–H groups in total. The Balaban J connectivity index is 4.24. The third kappa shape index (κ3) is 21.2. The molecule has 33 heavy (non-hydrogen) atoms. The Morgan fingerprint density at radius 3 is 1.33 bits per heavy atom. The lowest BCUT2D eigenvalue weighted by molar-refractivity contribution is 0.382. The van der Waals surface area contributed by atoms with Crippen molar-refractivity contribution in [2.75, 3.05) is 18.8 Å². The molecule has 0 aromatic heterocycles. The largest absolute Gasteiger partial charge is 0.214 e. The van der Waals surface area contributed by atoms with Gasteiger partial charge in [-0.05, 0) is 32.1 Å². The molecule has 5 nitrogen and oxygen atoms in total. The molecule has 0 saturated heterocycles. The summed E-state index contributed by atoms with van der Waals surface area (Å²) in [5.74, 6) is 0.300. The first kappa shape index (κ1) is 31.9. The summed E-state index contributed by atoms with van der Waals surface area (Å²) in [4.78, 5) is 0. The van der Waals surface area contributed by atoms with Gasteiger partial charge in [0.2, 0.25) is 10.0 Å². The zero-order valence-corrected chi connectivity index (χ0v) is 22.4. The van der Waals surface area contributed by atoms with Crippen LogP contribution in [0.2, 0.25) is 0 Å². The third-order valence-electron chi connectivity index (χ3n) is 6.29. The Morgan fingerprint density at radius 1 is 0.545 bits per heavy atom. The van der Waals surface area contributed by atoms with Crippen molar-refractivity contribution in [1.29, 1.82) is 10.5 Å². The number of hydrogen-bond acceptors (Lipinski definition) is 4. The molecule has 0 aromatic carbocycles. The van der Waals surface area contributed by atoms with Crippen LogP contribution in [0.4, 0.5) is 0 Å². The smallest absolute Gasteiger partial charge is 0.212 e. The first-order chi connectivity index (χ1) is 16.1. The highest BCUT2D eigenvalue weighted by Crippen LogP contribution is 2.15. The van der Waals surface area contributed by atoms with Crippen molar-refractivity contribution in [2.24, 2.45) is 0 Å². The van der Waals surface area contributed by atoms with E-state index in [1.54, 1.807) is 4.31 Å². The first-order valence-electron chi connectivity index (χ1n) is 13.8. The molecular formula is C27H51N3O2S. The molecule has 0 saturated carbocycles. The lowest BCUT2D eigenvalue weighted by Crippen LogP contribution is -2.35. The van der Waals surface area contributed by atoms with E-state index in [-0.39, 0.29) is 0 Å². The van der Waals surface area contributed by atoms with Gasteiger partial charge in [-0.3, -0.25) is 0 Å². The monoisotopic (exact) mass is 481 g/mol. The molecule has 0 heterocycles. The van der Waals surface area contributed by atoms with Gasteiger partial charge in [0, 0.05) is 25.9 Å². The minimum atomic E-state index is -3.15. The van der Waals surface area contributed by atoms with Crippen LogP contribution in [0.5, 0.6) is 0 Å². The molecule has 6 heteroatoms. The highest BCUT2D eigenvalue weighted by atomic mass is 32.2. The molecule has 0 rings (SSSR count). The second kappa shape index (κ2) is 24.0. The number of hydrogen-bond donors (Lipinski definition) is 0. The molecule has 0 aliphatic rings. The van der Waals surface area contributed by atoms with Gasteiger partial charge in [0.25, 0.3) is 0 Å². The summed E-state index contributed by atoms with van der Waals surface area (Å²) >= 11 is 0. The van der Waals surface area contributed by atoms with E-state index in [1.165, 1.54) is 38.5 Å². The van der Waals surface area contributed by atoms with Crippen molar-refractivity contribution >= 4 is 10.0 Å². The lowest BCUT2D eigenvalue weighted by atomic mass is 10.1. The number of nitriles is 2. The standard InChI is InChI=1S/C27H51N3O2S/c1-2-3-4-17-22-27-33(31,32)30(25-20-15-11-7-5-9-13-18-23-28)26-21-16-12-8-6-10-14-19-24-29/h2-22,25-27H2,1H3. The summed E-state index contributed by atoms with van der Waals surface area (Å²) in [6, 6.07) is 4.39. The van der Waals surface area contributed by atoms with Crippen molar-refractivity contribution < 1.29 is 8.42 Å². The van der Waals surface area contributed by atoms with Gasteiger partial charge in [0.15, 0.2) is 0 Å². The van der Waals surface area contributed by atoms with Crippen molar-refractivity contribution in [2.45, 2.75) is 142 Å². The van der Waals surface area contributed by atoms with Crippen LogP contribution in [-0.4, -0.2) is 31.6 Å². The Kier molecular flexibility index (Phi) is 23.2. The summed E-state index contributed by atoms with van der Waals surface area (Å²) in [5, 5.41) is 17.2. The van der Waals surface area contributed by atoms with E-state index < -0.39 is 10.0 Å². The maximum Gasteiger partial charge on any atom is 0.214 e. The van der Waals surface area contributed by atoms with Crippen LogP contribution in [0.15, 0.2) is 0 Å². The van der Waals surface area contributed by atoms with Crippen LogP contribution in [0.3, 0.4) is 0 Å². The molecule has 0 fully saturated rings. The van der Waals surface area contributed by atoms with E-state index in [0.717, 1.165) is 83.5 Å². The quantitative estimate of drug-likeness (QED) is 0.124. The Morgan fingerprint density at radius 2 is 0.909 bits per heavy atom. The molecule has 192 valence electrons. The van der Waals surface area contributed by atoms with Crippen LogP contribution in [-0.2, 0) is 10.0 Å². The molecule has 0 unspecified atom stereocenters. The lowest BCUT2D eigenvalue weighted by Gasteiger charge is -2.22. The average Bonchev–Trinajstić information content (AvgIpc) is 2.80. The fraction of sp³-hybridized carbons (Fsp3) is 0.926. The van der Waals surface area contributed by atoms with E-state index in [4.69, 9.17) is 10.5 Å². The Hall–Kier alpha value is -1.11. The molecular weight excluding hydrogens is 430 g/mol. The second-order valence-electron chi connectivity index (χ2n) is 9.40. The van der Waals surface area contributed by atoms with Gasteiger partial charge in [-0.25, -0.2) is 12.7 Å². The van der Waals surface area contributed by atoms with Gasteiger partial charge in [-0.2, -0.15) is 10.5 Å². The van der Waals surface area contributed by atoms with E-state index >= 15 is 0 Å². The van der Waals surface area contributed by atoms with E-state index in [9.17, 15) is 8.42 Å². The predicted molar refractivity (Wildman–Crippen MR) is 139 cm³/mol. The van der Waals surface area contributed by atoms with Crippen molar-refractivity contribution in [3.05, 3.63) is 0 Å². The molecule has 0 radical (unpaired) electrons. The van der Waals surface area contributed by atoms with Gasteiger partial charge < -0.3 is 0 Å². The van der Waals surface area contributed by atoms with E-state index in [2.05, 4.69) is 19.1 Å². The third-order valence-corrected chi connectivity index (χ3v) is 8.25. The molecule has 0 aliphatic carbocycles. The summed E-state index contributed by atoms with van der Waals surface area (Å²) in [5.41, 5.74) is 0. The molecule has 0 aliphatic heterocycles. The van der Waals surface area contributed by atoms with Crippen LogP contribution in [0.1, 0.15) is 142 Å². The van der Waals surface area contributed by atoms with Crippen LogP contribution >= 0.6 is 0 Å². The number of rotatable bonds is 25. The van der Waals surface area contributed by atoms with E-state index in [0.29, 0.717) is 31.7 Å². The van der Waals surface area contributed by atoms with Crippen molar-refractivity contribution in [3.8, 4) is 12.1 Å². The average molecular weight is 482 g/mol. The minimum absolute atomic E-state index is 0.300. The highest BCUT2D eigenvalue weighted by molar-refractivity contribution is 7.89. The van der Waals surface area contributed by atoms with Crippen LogP contribution in [0, 0.1) is 22.7 Å². The van der Waals surface area contributed by atoms with Gasteiger partial charge in [0.1, 0.15) is 0 Å². The Bertz CT molecular complexity index is 576. The first-order valence-corrected chi connectivity index (χ1v) is 15.4. The van der Waals surface area contributed by atoms with Crippen molar-refractivity contribution in [1.82, 2.24) is 4.31 Å². The summed E-state index contributed by atoms with van der Waals surface area (Å²) in [7, 11) is -3.15. The summed E-state index contributed by atoms with van der Waals surface area (Å²) in [6.45, 7) is 3.51. The second-order valence-corrected chi connectivity index (χ2v) is 11.5. The van der Waals surface area contributed by atoms with Crippen molar-refractivity contribution in [3.63, 3.8) is 0 Å². The number of nitrogens with zero attached hydrogens (tertiary/aromatic N) is 3. The normalized spacial score (nSPS) is 11.5. The zero-order valence-electron chi connectivity index (χ0n) is 21.5. The Labute approximate surface area is 206 Å². The topological polar surface area (TPSA) is 85.0 Å². The maximum absolute atomic E-state index is 13.0. The molecule has 0 atom stereocenters. The maximum atomic E-state index is 13.0. The molecule has 0 spiro atoms. The van der Waals surface area contributed by atoms with E-state index in [1.807, 2.05) is 0 Å². The fourth-order valence-electron chi connectivity index (χ4n) is 4.16. The summed E-state index contributed by atoms with van der Waals surface area (Å²) < 4.78 is 27.7. The molecule has 0 aromatic rings. The number of unbranched alkanes of at least 4 members (excludes halogenated alkanes) is 18. The van der Waals surface area contributed by atoms with Gasteiger partial charge >= 0.3 is 0 Å². The van der Waals surface area contributed by atoms with Gasteiger partial charge in [-0.1, -0.05) is 96.8 Å². The van der Waals surface area contributed by atoms with Crippen LogP contribution < -0.4 is 0 Å². The van der Waals surface area contributed by atoms with Gasteiger partial charge in [-0.15, -0.1) is 0 Å².